The van der Waals surface area contributed by atoms with Crippen molar-refractivity contribution in [3.63, 3.8) is 0 Å². The molecule has 0 aliphatic rings. The normalized spacial score (nSPS) is 10.7. The standard InChI is InChI=1S/C15H12BrN3O/c1-9-6-7-10(16)8-13(9)20-14-11-4-2-3-5-12(11)18-15(17)19-14/h2-8H,1H3,(H2,17,18,19). The summed E-state index contributed by atoms with van der Waals surface area (Å²) in [6, 6.07) is 13.5. The molecule has 3 rings (SSSR count). The molecule has 0 spiro atoms. The van der Waals surface area contributed by atoms with Crippen molar-refractivity contribution in [2.75, 3.05) is 5.73 Å². The van der Waals surface area contributed by atoms with Crippen LogP contribution < -0.4 is 10.5 Å². The first kappa shape index (κ1) is 12.9. The highest BCUT2D eigenvalue weighted by atomic mass is 79.9. The average Bonchev–Trinajstić information content (AvgIpc) is 2.43. The van der Waals surface area contributed by atoms with Crippen molar-refractivity contribution >= 4 is 32.8 Å². The highest BCUT2D eigenvalue weighted by Crippen LogP contribution is 2.31. The van der Waals surface area contributed by atoms with Gasteiger partial charge in [-0.15, -0.1) is 0 Å². The van der Waals surface area contributed by atoms with Gasteiger partial charge in [0.05, 0.1) is 10.9 Å². The first-order chi connectivity index (χ1) is 9.63. The smallest absolute Gasteiger partial charge is 0.231 e. The first-order valence-corrected chi connectivity index (χ1v) is 6.89. The molecule has 5 heteroatoms. The summed E-state index contributed by atoms with van der Waals surface area (Å²) in [5.41, 5.74) is 7.52. The topological polar surface area (TPSA) is 61.0 Å². The summed E-state index contributed by atoms with van der Waals surface area (Å²) in [6.45, 7) is 1.98. The van der Waals surface area contributed by atoms with E-state index < -0.39 is 0 Å². The minimum atomic E-state index is 0.200. The Morgan fingerprint density at radius 2 is 1.90 bits per heavy atom. The van der Waals surface area contributed by atoms with E-state index in [0.29, 0.717) is 5.88 Å². The molecule has 0 saturated heterocycles. The molecule has 0 amide bonds. The molecule has 0 radical (unpaired) electrons. The van der Waals surface area contributed by atoms with Crippen molar-refractivity contribution in [3.8, 4) is 11.6 Å². The molecular formula is C15H12BrN3O. The molecule has 2 aromatic carbocycles. The molecule has 100 valence electrons. The molecule has 0 atom stereocenters. The van der Waals surface area contributed by atoms with Gasteiger partial charge in [-0.05, 0) is 36.8 Å². The van der Waals surface area contributed by atoms with E-state index >= 15 is 0 Å². The van der Waals surface area contributed by atoms with E-state index in [1.54, 1.807) is 0 Å². The van der Waals surface area contributed by atoms with Crippen LogP contribution in [0.1, 0.15) is 5.56 Å². The van der Waals surface area contributed by atoms with Crippen LogP contribution in [0.3, 0.4) is 0 Å². The summed E-state index contributed by atoms with van der Waals surface area (Å²) in [7, 11) is 0. The van der Waals surface area contributed by atoms with Crippen LogP contribution >= 0.6 is 15.9 Å². The van der Waals surface area contributed by atoms with Crippen LogP contribution in [0.4, 0.5) is 5.95 Å². The Kier molecular flexibility index (Phi) is 3.28. The molecule has 1 heterocycles. The molecule has 0 bridgehead atoms. The highest BCUT2D eigenvalue weighted by molar-refractivity contribution is 9.10. The SMILES string of the molecule is Cc1ccc(Br)cc1Oc1nc(N)nc2ccccc12. The van der Waals surface area contributed by atoms with Crippen molar-refractivity contribution in [1.82, 2.24) is 9.97 Å². The predicted molar refractivity (Wildman–Crippen MR) is 82.9 cm³/mol. The van der Waals surface area contributed by atoms with Gasteiger partial charge >= 0.3 is 0 Å². The second-order valence-electron chi connectivity index (χ2n) is 4.42. The molecule has 3 aromatic rings. The van der Waals surface area contributed by atoms with E-state index in [1.165, 1.54) is 0 Å². The molecule has 0 aliphatic carbocycles. The summed E-state index contributed by atoms with van der Waals surface area (Å²) in [5, 5.41) is 0.834. The third-order valence-electron chi connectivity index (χ3n) is 2.94. The van der Waals surface area contributed by atoms with Crippen LogP contribution in [-0.4, -0.2) is 9.97 Å². The second-order valence-corrected chi connectivity index (χ2v) is 5.33. The van der Waals surface area contributed by atoms with Crippen molar-refractivity contribution in [1.29, 1.82) is 0 Å². The maximum absolute atomic E-state index is 5.92. The molecule has 0 fully saturated rings. The Morgan fingerprint density at radius 3 is 2.75 bits per heavy atom. The summed E-state index contributed by atoms with van der Waals surface area (Å²) in [6.07, 6.45) is 0. The lowest BCUT2D eigenvalue weighted by atomic mass is 10.2. The van der Waals surface area contributed by atoms with Crippen molar-refractivity contribution in [2.24, 2.45) is 0 Å². The lowest BCUT2D eigenvalue weighted by Gasteiger charge is -2.10. The largest absolute Gasteiger partial charge is 0.438 e. The lowest BCUT2D eigenvalue weighted by Crippen LogP contribution is -1.99. The average molecular weight is 330 g/mol. The number of benzene rings is 2. The van der Waals surface area contributed by atoms with Crippen molar-refractivity contribution < 1.29 is 4.74 Å². The summed E-state index contributed by atoms with van der Waals surface area (Å²) >= 11 is 3.44. The van der Waals surface area contributed by atoms with Crippen LogP contribution in [-0.2, 0) is 0 Å². The second kappa shape index (κ2) is 5.09. The Bertz CT molecular complexity index is 789. The minimum Gasteiger partial charge on any atom is -0.438 e. The van der Waals surface area contributed by atoms with Gasteiger partial charge < -0.3 is 10.5 Å². The van der Waals surface area contributed by atoms with Gasteiger partial charge in [-0.2, -0.15) is 4.98 Å². The molecule has 2 N–H and O–H groups in total. The fourth-order valence-electron chi connectivity index (χ4n) is 1.93. The Hall–Kier alpha value is -2.14. The third-order valence-corrected chi connectivity index (χ3v) is 3.44. The number of hydrogen-bond acceptors (Lipinski definition) is 4. The zero-order valence-corrected chi connectivity index (χ0v) is 12.4. The maximum Gasteiger partial charge on any atom is 0.231 e. The zero-order valence-electron chi connectivity index (χ0n) is 10.8. The molecule has 0 aliphatic heterocycles. The van der Waals surface area contributed by atoms with Crippen LogP contribution in [0.5, 0.6) is 11.6 Å². The number of para-hydroxylation sites is 1. The van der Waals surface area contributed by atoms with E-state index in [2.05, 4.69) is 25.9 Å². The van der Waals surface area contributed by atoms with E-state index in [-0.39, 0.29) is 5.95 Å². The number of aromatic nitrogens is 2. The van der Waals surface area contributed by atoms with Gasteiger partial charge in [0.2, 0.25) is 11.8 Å². The number of ether oxygens (including phenoxy) is 1. The Balaban J connectivity index is 2.13. The minimum absolute atomic E-state index is 0.200. The van der Waals surface area contributed by atoms with Gasteiger partial charge in [-0.25, -0.2) is 4.98 Å². The number of fused-ring (bicyclic) bond motifs is 1. The lowest BCUT2D eigenvalue weighted by molar-refractivity contribution is 0.465. The van der Waals surface area contributed by atoms with Gasteiger partial charge in [0.1, 0.15) is 5.75 Å². The molecule has 0 unspecified atom stereocenters. The van der Waals surface area contributed by atoms with Gasteiger partial charge in [0.15, 0.2) is 0 Å². The van der Waals surface area contributed by atoms with Crippen molar-refractivity contribution in [2.45, 2.75) is 6.92 Å². The van der Waals surface area contributed by atoms with Gasteiger partial charge in [0, 0.05) is 4.47 Å². The maximum atomic E-state index is 5.92. The number of hydrogen-bond donors (Lipinski definition) is 1. The van der Waals surface area contributed by atoms with Crippen LogP contribution in [0, 0.1) is 6.92 Å². The van der Waals surface area contributed by atoms with Crippen LogP contribution in [0.15, 0.2) is 46.9 Å². The fraction of sp³-hybridized carbons (Fsp3) is 0.0667. The molecule has 20 heavy (non-hydrogen) atoms. The molecular weight excluding hydrogens is 318 g/mol. The van der Waals surface area contributed by atoms with E-state index in [9.17, 15) is 0 Å². The van der Waals surface area contributed by atoms with E-state index in [1.807, 2.05) is 49.4 Å². The number of nitrogen functional groups attached to an aromatic ring is 1. The highest BCUT2D eigenvalue weighted by Gasteiger charge is 2.09. The first-order valence-electron chi connectivity index (χ1n) is 6.10. The van der Waals surface area contributed by atoms with E-state index in [0.717, 1.165) is 26.7 Å². The summed E-state index contributed by atoms with van der Waals surface area (Å²) < 4.78 is 6.87. The number of nitrogens with zero attached hydrogens (tertiary/aromatic N) is 2. The van der Waals surface area contributed by atoms with E-state index in [4.69, 9.17) is 10.5 Å². The molecule has 4 nitrogen and oxygen atoms in total. The predicted octanol–water partition coefficient (Wildman–Crippen LogP) is 4.08. The van der Waals surface area contributed by atoms with Gasteiger partial charge in [-0.3, -0.25) is 0 Å². The Labute approximate surface area is 124 Å². The van der Waals surface area contributed by atoms with Gasteiger partial charge in [0.25, 0.3) is 0 Å². The number of anilines is 1. The summed E-state index contributed by atoms with van der Waals surface area (Å²) in [5.74, 6) is 1.41. The number of halogens is 1. The Morgan fingerprint density at radius 1 is 1.10 bits per heavy atom. The third kappa shape index (κ3) is 2.44. The quantitative estimate of drug-likeness (QED) is 0.769. The fourth-order valence-corrected chi connectivity index (χ4v) is 2.27. The zero-order chi connectivity index (χ0) is 14.1. The monoisotopic (exact) mass is 329 g/mol. The molecule has 0 saturated carbocycles. The van der Waals surface area contributed by atoms with Crippen LogP contribution in [0.25, 0.3) is 10.9 Å². The van der Waals surface area contributed by atoms with Crippen molar-refractivity contribution in [3.05, 3.63) is 52.5 Å². The number of aryl methyl sites for hydroxylation is 1. The van der Waals surface area contributed by atoms with Crippen LogP contribution in [0.2, 0.25) is 0 Å². The number of nitrogens with two attached hydrogens (primary N) is 1. The molecule has 1 aromatic heterocycles. The summed E-state index contributed by atoms with van der Waals surface area (Å²) in [4.78, 5) is 8.39. The number of rotatable bonds is 2. The van der Waals surface area contributed by atoms with Gasteiger partial charge in [-0.1, -0.05) is 34.1 Å².